The first kappa shape index (κ1) is 14.9. The number of hydrogen-bond acceptors (Lipinski definition) is 3. The Kier molecular flexibility index (Phi) is 4.57. The van der Waals surface area contributed by atoms with Crippen molar-refractivity contribution in [3.05, 3.63) is 27.7 Å². The number of amides is 1. The van der Waals surface area contributed by atoms with Gasteiger partial charge in [0.1, 0.15) is 10.8 Å². The second-order valence-electron chi connectivity index (χ2n) is 5.36. The molecule has 114 valence electrons. The summed E-state index contributed by atoms with van der Waals surface area (Å²) in [5.41, 5.74) is 0.899. The molecule has 1 atom stereocenters. The van der Waals surface area contributed by atoms with Gasteiger partial charge in [0.25, 0.3) is 0 Å². The van der Waals surface area contributed by atoms with Gasteiger partial charge in [-0.2, -0.15) is 0 Å². The van der Waals surface area contributed by atoms with E-state index >= 15 is 0 Å². The molecule has 1 unspecified atom stereocenters. The summed E-state index contributed by atoms with van der Waals surface area (Å²) in [4.78, 5) is 12.4. The maximum absolute atomic E-state index is 12.4. The normalized spacial score (nSPS) is 22.3. The Morgan fingerprint density at radius 2 is 1.90 bits per heavy atom. The maximum atomic E-state index is 12.4. The average molecular weight is 330 g/mol. The van der Waals surface area contributed by atoms with Gasteiger partial charge in [-0.1, -0.05) is 29.3 Å². The van der Waals surface area contributed by atoms with Crippen LogP contribution in [0.1, 0.15) is 30.9 Å². The number of rotatable bonds is 2. The zero-order chi connectivity index (χ0) is 14.8. The number of ether oxygens (including phenoxy) is 2. The van der Waals surface area contributed by atoms with Crippen molar-refractivity contribution in [3.63, 3.8) is 0 Å². The van der Waals surface area contributed by atoms with Gasteiger partial charge in [0.2, 0.25) is 5.91 Å². The van der Waals surface area contributed by atoms with Crippen LogP contribution in [-0.2, 0) is 9.53 Å². The minimum atomic E-state index is -0.0705. The third-order valence-corrected chi connectivity index (χ3v) is 4.80. The lowest BCUT2D eigenvalue weighted by atomic mass is 9.96. The molecule has 4 nitrogen and oxygen atoms in total. The zero-order valence-corrected chi connectivity index (χ0v) is 13.0. The lowest BCUT2D eigenvalue weighted by molar-refractivity contribution is -0.128. The lowest BCUT2D eigenvalue weighted by Gasteiger charge is -2.30. The molecule has 6 heteroatoms. The highest BCUT2D eigenvalue weighted by Gasteiger charge is 2.29. The molecule has 0 spiro atoms. The van der Waals surface area contributed by atoms with E-state index in [0.29, 0.717) is 35.6 Å². The number of fused-ring (bicyclic) bond motifs is 1. The highest BCUT2D eigenvalue weighted by Crippen LogP contribution is 2.41. The number of carbonyl (C=O) groups is 1. The van der Waals surface area contributed by atoms with Crippen LogP contribution in [0.5, 0.6) is 5.75 Å². The van der Waals surface area contributed by atoms with E-state index in [2.05, 4.69) is 5.32 Å². The molecule has 1 aromatic rings. The smallest absolute Gasteiger partial charge is 0.223 e. The first-order valence-electron chi connectivity index (χ1n) is 7.15. The van der Waals surface area contributed by atoms with Crippen LogP contribution >= 0.6 is 23.2 Å². The van der Waals surface area contributed by atoms with Gasteiger partial charge in [-0.15, -0.1) is 0 Å². The minimum absolute atomic E-state index is 0.0350. The molecule has 0 saturated carbocycles. The standard InChI is InChI=1S/C15H17Cl2NO3/c16-11-2-1-10-12(5-8-21-14(10)13(11)17)18-15(19)9-3-6-20-7-4-9/h1-2,9,12H,3-8H2,(H,18,19). The molecule has 1 N–H and O–H groups in total. The molecule has 0 aromatic heterocycles. The maximum Gasteiger partial charge on any atom is 0.223 e. The summed E-state index contributed by atoms with van der Waals surface area (Å²) in [6, 6.07) is 3.54. The van der Waals surface area contributed by atoms with Crippen LogP contribution in [0.2, 0.25) is 10.0 Å². The molecular formula is C15H17Cl2NO3. The molecule has 0 bridgehead atoms. The van der Waals surface area contributed by atoms with Crippen molar-refractivity contribution in [2.45, 2.75) is 25.3 Å². The molecule has 2 aliphatic rings. The highest BCUT2D eigenvalue weighted by molar-refractivity contribution is 6.43. The van der Waals surface area contributed by atoms with E-state index in [4.69, 9.17) is 32.7 Å². The topological polar surface area (TPSA) is 47.6 Å². The van der Waals surface area contributed by atoms with Crippen molar-refractivity contribution in [1.29, 1.82) is 0 Å². The Labute approximate surface area is 133 Å². The summed E-state index contributed by atoms with van der Waals surface area (Å²) in [7, 11) is 0. The Morgan fingerprint density at radius 3 is 2.67 bits per heavy atom. The Balaban J connectivity index is 1.76. The van der Waals surface area contributed by atoms with E-state index in [-0.39, 0.29) is 17.9 Å². The molecule has 0 radical (unpaired) electrons. The summed E-state index contributed by atoms with van der Waals surface area (Å²) in [5, 5.41) is 4.00. The van der Waals surface area contributed by atoms with Crippen molar-refractivity contribution in [3.8, 4) is 5.75 Å². The number of hydrogen-bond donors (Lipinski definition) is 1. The molecule has 2 aliphatic heterocycles. The van der Waals surface area contributed by atoms with Crippen LogP contribution in [0.15, 0.2) is 12.1 Å². The monoisotopic (exact) mass is 329 g/mol. The first-order valence-corrected chi connectivity index (χ1v) is 7.91. The Morgan fingerprint density at radius 1 is 1.14 bits per heavy atom. The van der Waals surface area contributed by atoms with E-state index in [1.165, 1.54) is 0 Å². The molecule has 0 aliphatic carbocycles. The Hall–Kier alpha value is -0.970. The van der Waals surface area contributed by atoms with E-state index in [9.17, 15) is 4.79 Å². The van der Waals surface area contributed by atoms with Crippen LogP contribution in [0.25, 0.3) is 0 Å². The fourth-order valence-electron chi connectivity index (χ4n) is 2.80. The highest BCUT2D eigenvalue weighted by atomic mass is 35.5. The molecule has 2 heterocycles. The van der Waals surface area contributed by atoms with E-state index in [0.717, 1.165) is 24.8 Å². The van der Waals surface area contributed by atoms with Gasteiger partial charge in [0.05, 0.1) is 17.7 Å². The molecule has 3 rings (SSSR count). The van der Waals surface area contributed by atoms with Crippen molar-refractivity contribution < 1.29 is 14.3 Å². The van der Waals surface area contributed by atoms with Crippen LogP contribution in [-0.4, -0.2) is 25.7 Å². The van der Waals surface area contributed by atoms with Crippen LogP contribution < -0.4 is 10.1 Å². The summed E-state index contributed by atoms with van der Waals surface area (Å²) in [6.45, 7) is 1.83. The van der Waals surface area contributed by atoms with Crippen molar-refractivity contribution in [2.24, 2.45) is 5.92 Å². The lowest BCUT2D eigenvalue weighted by Crippen LogP contribution is -2.38. The number of benzene rings is 1. The van der Waals surface area contributed by atoms with Crippen LogP contribution in [0, 0.1) is 5.92 Å². The fourth-order valence-corrected chi connectivity index (χ4v) is 3.18. The van der Waals surface area contributed by atoms with Crippen molar-refractivity contribution >= 4 is 29.1 Å². The van der Waals surface area contributed by atoms with E-state index < -0.39 is 0 Å². The van der Waals surface area contributed by atoms with Gasteiger partial charge >= 0.3 is 0 Å². The summed E-state index contributed by atoms with van der Waals surface area (Å²) in [6.07, 6.45) is 2.30. The number of carbonyl (C=O) groups excluding carboxylic acids is 1. The van der Waals surface area contributed by atoms with Gasteiger partial charge in [0.15, 0.2) is 0 Å². The van der Waals surface area contributed by atoms with Crippen molar-refractivity contribution in [2.75, 3.05) is 19.8 Å². The van der Waals surface area contributed by atoms with E-state index in [1.54, 1.807) is 6.07 Å². The second kappa shape index (κ2) is 6.42. The van der Waals surface area contributed by atoms with Gasteiger partial charge < -0.3 is 14.8 Å². The van der Waals surface area contributed by atoms with Gasteiger partial charge in [-0.25, -0.2) is 0 Å². The van der Waals surface area contributed by atoms with E-state index in [1.807, 2.05) is 6.07 Å². The van der Waals surface area contributed by atoms with Crippen LogP contribution in [0.3, 0.4) is 0 Å². The Bertz CT molecular complexity index is 544. The summed E-state index contributed by atoms with van der Waals surface area (Å²) in [5.74, 6) is 0.711. The SMILES string of the molecule is O=C(NC1CCOc2c1ccc(Cl)c2Cl)C1CCOCC1. The van der Waals surface area contributed by atoms with Gasteiger partial charge in [-0.05, 0) is 18.9 Å². The largest absolute Gasteiger partial charge is 0.492 e. The number of nitrogens with one attached hydrogen (secondary N) is 1. The minimum Gasteiger partial charge on any atom is -0.492 e. The number of halogens is 2. The predicted octanol–water partition coefficient (Wildman–Crippen LogP) is 3.36. The molecular weight excluding hydrogens is 313 g/mol. The third-order valence-electron chi connectivity index (χ3n) is 4.02. The quantitative estimate of drug-likeness (QED) is 0.904. The van der Waals surface area contributed by atoms with Gasteiger partial charge in [0, 0.05) is 31.1 Å². The summed E-state index contributed by atoms with van der Waals surface area (Å²) < 4.78 is 10.9. The third kappa shape index (κ3) is 3.12. The average Bonchev–Trinajstić information content (AvgIpc) is 2.52. The zero-order valence-electron chi connectivity index (χ0n) is 11.5. The molecule has 1 amide bonds. The predicted molar refractivity (Wildman–Crippen MR) is 81.0 cm³/mol. The molecule has 1 fully saturated rings. The van der Waals surface area contributed by atoms with Crippen molar-refractivity contribution in [1.82, 2.24) is 5.32 Å². The molecule has 1 aromatic carbocycles. The molecule has 1 saturated heterocycles. The second-order valence-corrected chi connectivity index (χ2v) is 6.15. The van der Waals surface area contributed by atoms with Gasteiger partial charge in [-0.3, -0.25) is 4.79 Å². The fraction of sp³-hybridized carbons (Fsp3) is 0.533. The molecule has 21 heavy (non-hydrogen) atoms. The summed E-state index contributed by atoms with van der Waals surface area (Å²) >= 11 is 12.2. The van der Waals surface area contributed by atoms with Crippen LogP contribution in [0.4, 0.5) is 0 Å². The first-order chi connectivity index (χ1) is 10.2.